The lowest BCUT2D eigenvalue weighted by Crippen LogP contribution is -2.21. The Hall–Kier alpha value is -1.16. The maximum Gasteiger partial charge on any atom is 0.418 e. The molecule has 0 aliphatic heterocycles. The molecule has 0 saturated carbocycles. The first kappa shape index (κ1) is 16.2. The minimum absolute atomic E-state index is 0.00785. The molecule has 0 fully saturated rings. The van der Waals surface area contributed by atoms with Gasteiger partial charge in [0.2, 0.25) is 0 Å². The molecule has 116 valence electrons. The minimum atomic E-state index is -4.40. The highest BCUT2D eigenvalue weighted by Gasteiger charge is 2.34. The average Bonchev–Trinajstić information content (AvgIpc) is 2.34. The quantitative estimate of drug-likeness (QED) is 0.698. The summed E-state index contributed by atoms with van der Waals surface area (Å²) in [7, 11) is 0. The van der Waals surface area contributed by atoms with Gasteiger partial charge in [0.1, 0.15) is 0 Å². The summed E-state index contributed by atoms with van der Waals surface area (Å²) in [5.41, 5.74) is 0.591. The smallest absolute Gasteiger partial charge is 0.383 e. The number of nitrogens with one attached hydrogen (secondary N) is 1. The van der Waals surface area contributed by atoms with Gasteiger partial charge in [-0.3, -0.25) is 0 Å². The predicted molar refractivity (Wildman–Crippen MR) is 80.6 cm³/mol. The fourth-order valence-electron chi connectivity index (χ4n) is 3.03. The van der Waals surface area contributed by atoms with E-state index in [0.717, 1.165) is 18.9 Å². The first-order valence-electron chi connectivity index (χ1n) is 7.04. The summed E-state index contributed by atoms with van der Waals surface area (Å²) in [5, 5.41) is 3.03. The number of anilines is 1. The lowest BCUT2D eigenvalue weighted by Gasteiger charge is -2.26. The van der Waals surface area contributed by atoms with Crippen molar-refractivity contribution in [2.75, 3.05) is 11.9 Å². The number of rotatable bonds is 3. The molecule has 0 heterocycles. The molecule has 1 aromatic carbocycles. The first-order chi connectivity index (χ1) is 9.77. The second-order valence-corrected chi connectivity index (χ2v) is 6.24. The molecule has 0 bridgehead atoms. The van der Waals surface area contributed by atoms with Crippen molar-refractivity contribution in [3.05, 3.63) is 40.4 Å². The molecule has 2 rings (SSSR count). The Morgan fingerprint density at radius 3 is 2.67 bits per heavy atom. The molecule has 2 atom stereocenters. The van der Waals surface area contributed by atoms with Crippen LogP contribution >= 0.6 is 11.6 Å². The molecule has 5 heteroatoms. The Bertz CT molecular complexity index is 537. The second-order valence-electron chi connectivity index (χ2n) is 5.84. The van der Waals surface area contributed by atoms with E-state index in [2.05, 4.69) is 25.2 Å². The van der Waals surface area contributed by atoms with Gasteiger partial charge in [0.05, 0.1) is 16.3 Å². The van der Waals surface area contributed by atoms with E-state index < -0.39 is 11.7 Å². The van der Waals surface area contributed by atoms with Crippen molar-refractivity contribution < 1.29 is 13.2 Å². The van der Waals surface area contributed by atoms with E-state index in [1.165, 1.54) is 17.7 Å². The molecule has 0 amide bonds. The van der Waals surface area contributed by atoms with Crippen molar-refractivity contribution >= 4 is 17.3 Å². The Morgan fingerprint density at radius 2 is 2.05 bits per heavy atom. The maximum absolute atomic E-state index is 13.0. The van der Waals surface area contributed by atoms with Crippen molar-refractivity contribution in [2.45, 2.75) is 32.9 Å². The van der Waals surface area contributed by atoms with Crippen molar-refractivity contribution in [3.8, 4) is 0 Å². The van der Waals surface area contributed by atoms with Gasteiger partial charge in [0.15, 0.2) is 0 Å². The number of hydrogen-bond donors (Lipinski definition) is 1. The van der Waals surface area contributed by atoms with Gasteiger partial charge < -0.3 is 5.32 Å². The van der Waals surface area contributed by atoms with Crippen LogP contribution in [0.15, 0.2) is 29.8 Å². The molecule has 1 aliphatic rings. The van der Waals surface area contributed by atoms with Crippen LogP contribution in [-0.4, -0.2) is 6.54 Å². The molecule has 1 aromatic rings. The molecular formula is C16H19ClF3N. The molecule has 21 heavy (non-hydrogen) atoms. The molecule has 1 N–H and O–H groups in total. The average molecular weight is 318 g/mol. The van der Waals surface area contributed by atoms with Crippen molar-refractivity contribution in [2.24, 2.45) is 11.8 Å². The van der Waals surface area contributed by atoms with Crippen molar-refractivity contribution in [1.82, 2.24) is 0 Å². The standard InChI is InChI=1S/C16H19ClF3N/c1-10-6-11(2)8-12(7-10)9-21-15-13(16(18,19)20)4-3-5-14(15)17/h3-6,10,12,21H,7-9H2,1-2H3. The molecule has 0 spiro atoms. The van der Waals surface area contributed by atoms with Gasteiger partial charge in [-0.2, -0.15) is 13.2 Å². The van der Waals surface area contributed by atoms with Crippen LogP contribution in [0.3, 0.4) is 0 Å². The minimum Gasteiger partial charge on any atom is -0.383 e. The number of hydrogen-bond acceptors (Lipinski definition) is 1. The third-order valence-corrected chi connectivity index (χ3v) is 4.09. The number of alkyl halides is 3. The number of allylic oxidation sites excluding steroid dienone is 2. The highest BCUT2D eigenvalue weighted by molar-refractivity contribution is 6.33. The SMILES string of the molecule is CC1=CC(C)CC(CNc2c(Cl)cccc2C(F)(F)F)C1. The summed E-state index contributed by atoms with van der Waals surface area (Å²) in [6.07, 6.45) is -0.269. The van der Waals surface area contributed by atoms with Crippen LogP contribution in [0.5, 0.6) is 0 Å². The number of para-hydroxylation sites is 1. The monoisotopic (exact) mass is 317 g/mol. The lowest BCUT2D eigenvalue weighted by molar-refractivity contribution is -0.136. The molecule has 1 aliphatic carbocycles. The van der Waals surface area contributed by atoms with E-state index in [-0.39, 0.29) is 10.7 Å². The van der Waals surface area contributed by atoms with Crippen LogP contribution in [0.2, 0.25) is 5.02 Å². The van der Waals surface area contributed by atoms with Gasteiger partial charge in [-0.1, -0.05) is 36.2 Å². The van der Waals surface area contributed by atoms with Crippen LogP contribution in [0.1, 0.15) is 32.3 Å². The zero-order valence-electron chi connectivity index (χ0n) is 12.1. The van der Waals surface area contributed by atoms with Gasteiger partial charge in [-0.05, 0) is 43.7 Å². The molecule has 0 saturated heterocycles. The van der Waals surface area contributed by atoms with Crippen molar-refractivity contribution in [1.29, 1.82) is 0 Å². The summed E-state index contributed by atoms with van der Waals surface area (Å²) < 4.78 is 39.0. The topological polar surface area (TPSA) is 12.0 Å². The van der Waals surface area contributed by atoms with Crippen LogP contribution in [0, 0.1) is 11.8 Å². The summed E-state index contributed by atoms with van der Waals surface area (Å²) in [4.78, 5) is 0. The van der Waals surface area contributed by atoms with Gasteiger partial charge in [0, 0.05) is 6.54 Å². The number of halogens is 4. The Kier molecular flexibility index (Phi) is 4.87. The largest absolute Gasteiger partial charge is 0.418 e. The first-order valence-corrected chi connectivity index (χ1v) is 7.42. The molecule has 0 aromatic heterocycles. The van der Waals surface area contributed by atoms with Crippen LogP contribution in [0.4, 0.5) is 18.9 Å². The van der Waals surface area contributed by atoms with Gasteiger partial charge in [-0.25, -0.2) is 0 Å². The Morgan fingerprint density at radius 1 is 1.33 bits per heavy atom. The summed E-state index contributed by atoms with van der Waals surface area (Å²) >= 11 is 5.94. The van der Waals surface area contributed by atoms with E-state index in [0.29, 0.717) is 18.4 Å². The fraction of sp³-hybridized carbons (Fsp3) is 0.500. The lowest BCUT2D eigenvalue weighted by atomic mass is 9.83. The van der Waals surface area contributed by atoms with E-state index in [1.54, 1.807) is 0 Å². The summed E-state index contributed by atoms with van der Waals surface area (Å²) in [6.45, 7) is 4.70. The predicted octanol–water partition coefficient (Wildman–Crippen LogP) is 5.76. The normalized spacial score (nSPS) is 22.9. The third-order valence-electron chi connectivity index (χ3n) is 3.77. The Labute approximate surface area is 128 Å². The third kappa shape index (κ3) is 4.16. The second kappa shape index (κ2) is 6.30. The van der Waals surface area contributed by atoms with E-state index in [1.807, 2.05) is 0 Å². The van der Waals surface area contributed by atoms with Crippen LogP contribution in [0.25, 0.3) is 0 Å². The van der Waals surface area contributed by atoms with Gasteiger partial charge in [0.25, 0.3) is 0 Å². The molecule has 2 unspecified atom stereocenters. The zero-order chi connectivity index (χ0) is 15.6. The highest BCUT2D eigenvalue weighted by Crippen LogP contribution is 2.39. The summed E-state index contributed by atoms with van der Waals surface area (Å²) in [6, 6.07) is 3.86. The molecule has 1 nitrogen and oxygen atoms in total. The zero-order valence-corrected chi connectivity index (χ0v) is 12.9. The van der Waals surface area contributed by atoms with E-state index in [4.69, 9.17) is 11.6 Å². The Balaban J connectivity index is 2.12. The van der Waals surface area contributed by atoms with Crippen molar-refractivity contribution in [3.63, 3.8) is 0 Å². The number of benzene rings is 1. The van der Waals surface area contributed by atoms with Crippen LogP contribution in [-0.2, 0) is 6.18 Å². The maximum atomic E-state index is 13.0. The van der Waals surface area contributed by atoms with Crippen LogP contribution < -0.4 is 5.32 Å². The fourth-order valence-corrected chi connectivity index (χ4v) is 3.27. The molecular weight excluding hydrogens is 299 g/mol. The van der Waals surface area contributed by atoms with E-state index >= 15 is 0 Å². The summed E-state index contributed by atoms with van der Waals surface area (Å²) in [5.74, 6) is 0.807. The van der Waals surface area contributed by atoms with Gasteiger partial charge >= 0.3 is 6.18 Å². The molecule has 0 radical (unpaired) electrons. The van der Waals surface area contributed by atoms with Gasteiger partial charge in [-0.15, -0.1) is 0 Å². The van der Waals surface area contributed by atoms with E-state index in [9.17, 15) is 13.2 Å². The highest BCUT2D eigenvalue weighted by atomic mass is 35.5.